The van der Waals surface area contributed by atoms with Crippen molar-refractivity contribution in [1.29, 1.82) is 0 Å². The predicted molar refractivity (Wildman–Crippen MR) is 86.9 cm³/mol. The fourth-order valence-corrected chi connectivity index (χ4v) is 3.19. The van der Waals surface area contributed by atoms with Crippen molar-refractivity contribution in [3.8, 4) is 0 Å². The van der Waals surface area contributed by atoms with Gasteiger partial charge in [-0.2, -0.15) is 0 Å². The Morgan fingerprint density at radius 1 is 1.36 bits per heavy atom. The molecular formula is C17H25N3O2. The van der Waals surface area contributed by atoms with Crippen LogP contribution in [0.3, 0.4) is 0 Å². The smallest absolute Gasteiger partial charge is 0.412 e. The fourth-order valence-electron chi connectivity index (χ4n) is 3.19. The van der Waals surface area contributed by atoms with Crippen LogP contribution in [0.15, 0.2) is 24.3 Å². The molecule has 2 saturated heterocycles. The molecule has 2 N–H and O–H groups in total. The molecule has 0 radical (unpaired) electrons. The monoisotopic (exact) mass is 303 g/mol. The van der Waals surface area contributed by atoms with Gasteiger partial charge in [0, 0.05) is 37.4 Å². The van der Waals surface area contributed by atoms with Gasteiger partial charge in [0.2, 0.25) is 0 Å². The maximum absolute atomic E-state index is 11.7. The van der Waals surface area contributed by atoms with Gasteiger partial charge in [0.05, 0.1) is 0 Å². The van der Waals surface area contributed by atoms with Crippen molar-refractivity contribution in [2.45, 2.75) is 51.4 Å². The number of hydrogen-bond donors (Lipinski definition) is 2. The van der Waals surface area contributed by atoms with E-state index in [0.29, 0.717) is 12.1 Å². The SMILES string of the molecule is CC(C)(C)OC(=O)Nc1ccc(CN2CC3CC2CN3)cc1. The van der Waals surface area contributed by atoms with Gasteiger partial charge in [0.25, 0.3) is 0 Å². The molecule has 0 saturated carbocycles. The summed E-state index contributed by atoms with van der Waals surface area (Å²) in [4.78, 5) is 14.3. The second-order valence-electron chi connectivity index (χ2n) is 7.25. The van der Waals surface area contributed by atoms with E-state index in [1.54, 1.807) is 0 Å². The molecule has 0 spiro atoms. The standard InChI is InChI=1S/C17H25N3O2/c1-17(2,3)22-16(21)19-13-6-4-12(5-7-13)10-20-11-14-8-15(20)9-18-14/h4-7,14-15,18H,8-11H2,1-3H3,(H,19,21). The first-order valence-electron chi connectivity index (χ1n) is 7.95. The minimum absolute atomic E-state index is 0.414. The van der Waals surface area contributed by atoms with Crippen LogP contribution in [0.2, 0.25) is 0 Å². The highest BCUT2D eigenvalue weighted by Gasteiger charge is 2.37. The van der Waals surface area contributed by atoms with E-state index in [2.05, 4.69) is 27.7 Å². The molecule has 2 unspecified atom stereocenters. The Balaban J connectivity index is 1.53. The molecule has 1 aromatic rings. The third kappa shape index (κ3) is 3.78. The number of ether oxygens (including phenoxy) is 1. The summed E-state index contributed by atoms with van der Waals surface area (Å²) in [6.07, 6.45) is 0.862. The number of piperazine rings is 1. The fraction of sp³-hybridized carbons (Fsp3) is 0.588. The lowest BCUT2D eigenvalue weighted by atomic mass is 10.1. The minimum Gasteiger partial charge on any atom is -0.444 e. The van der Waals surface area contributed by atoms with E-state index < -0.39 is 11.7 Å². The summed E-state index contributed by atoms with van der Waals surface area (Å²) in [5, 5.41) is 6.28. The zero-order chi connectivity index (χ0) is 15.7. The Kier molecular flexibility index (Phi) is 4.10. The maximum atomic E-state index is 11.7. The highest BCUT2D eigenvalue weighted by molar-refractivity contribution is 5.84. The van der Waals surface area contributed by atoms with Crippen LogP contribution in [-0.4, -0.2) is 41.8 Å². The van der Waals surface area contributed by atoms with E-state index in [0.717, 1.165) is 25.3 Å². The van der Waals surface area contributed by atoms with Crippen LogP contribution in [-0.2, 0) is 11.3 Å². The maximum Gasteiger partial charge on any atom is 0.412 e. The van der Waals surface area contributed by atoms with Crippen LogP contribution >= 0.6 is 0 Å². The van der Waals surface area contributed by atoms with Crippen LogP contribution in [0, 0.1) is 0 Å². The third-order valence-electron chi connectivity index (χ3n) is 4.15. The molecule has 2 atom stereocenters. The van der Waals surface area contributed by atoms with Crippen molar-refractivity contribution < 1.29 is 9.53 Å². The summed E-state index contributed by atoms with van der Waals surface area (Å²) in [6, 6.07) is 9.39. The molecule has 120 valence electrons. The highest BCUT2D eigenvalue weighted by atomic mass is 16.6. The summed E-state index contributed by atoms with van der Waals surface area (Å²) >= 11 is 0. The molecule has 2 aliphatic rings. The average Bonchev–Trinajstić information content (AvgIpc) is 3.01. The summed E-state index contributed by atoms with van der Waals surface area (Å²) in [7, 11) is 0. The van der Waals surface area contributed by atoms with Crippen molar-refractivity contribution in [3.05, 3.63) is 29.8 Å². The Morgan fingerprint density at radius 2 is 2.09 bits per heavy atom. The molecule has 1 amide bonds. The molecule has 22 heavy (non-hydrogen) atoms. The summed E-state index contributed by atoms with van der Waals surface area (Å²) < 4.78 is 5.25. The van der Waals surface area contributed by atoms with Crippen molar-refractivity contribution in [2.24, 2.45) is 0 Å². The first-order chi connectivity index (χ1) is 10.4. The molecule has 0 aliphatic carbocycles. The number of carbonyl (C=O) groups excluding carboxylic acids is 1. The van der Waals surface area contributed by atoms with Gasteiger partial charge in [-0.3, -0.25) is 10.2 Å². The van der Waals surface area contributed by atoms with Crippen molar-refractivity contribution in [2.75, 3.05) is 18.4 Å². The lowest BCUT2D eigenvalue weighted by Crippen LogP contribution is -2.42. The Hall–Kier alpha value is -1.59. The summed E-state index contributed by atoms with van der Waals surface area (Å²) in [6.45, 7) is 8.80. The van der Waals surface area contributed by atoms with E-state index in [4.69, 9.17) is 4.74 Å². The quantitative estimate of drug-likeness (QED) is 0.901. The molecule has 2 fully saturated rings. The Morgan fingerprint density at radius 3 is 2.64 bits per heavy atom. The number of fused-ring (bicyclic) bond motifs is 2. The van der Waals surface area contributed by atoms with Crippen LogP contribution < -0.4 is 10.6 Å². The van der Waals surface area contributed by atoms with E-state index in [1.807, 2.05) is 32.9 Å². The Bertz CT molecular complexity index is 536. The zero-order valence-electron chi connectivity index (χ0n) is 13.6. The third-order valence-corrected chi connectivity index (χ3v) is 4.15. The lowest BCUT2D eigenvalue weighted by molar-refractivity contribution is 0.0636. The second kappa shape index (κ2) is 5.89. The number of hydrogen-bond acceptors (Lipinski definition) is 4. The van der Waals surface area contributed by atoms with Crippen molar-refractivity contribution in [3.63, 3.8) is 0 Å². The average molecular weight is 303 g/mol. The lowest BCUT2D eigenvalue weighted by Gasteiger charge is -2.27. The van der Waals surface area contributed by atoms with Gasteiger partial charge in [-0.05, 0) is 44.9 Å². The number of likely N-dealkylation sites (tertiary alicyclic amines) is 1. The number of amides is 1. The largest absolute Gasteiger partial charge is 0.444 e. The zero-order valence-corrected chi connectivity index (χ0v) is 13.6. The first-order valence-corrected chi connectivity index (χ1v) is 7.95. The number of carbonyl (C=O) groups is 1. The summed E-state index contributed by atoms with van der Waals surface area (Å²) in [5.74, 6) is 0. The van der Waals surface area contributed by atoms with Crippen molar-refractivity contribution >= 4 is 11.8 Å². The van der Waals surface area contributed by atoms with Crippen LogP contribution in [0.1, 0.15) is 32.8 Å². The van der Waals surface area contributed by atoms with Gasteiger partial charge in [-0.1, -0.05) is 12.1 Å². The minimum atomic E-state index is -0.479. The molecule has 1 aromatic carbocycles. The molecule has 0 aromatic heterocycles. The van der Waals surface area contributed by atoms with Gasteiger partial charge in [-0.25, -0.2) is 4.79 Å². The summed E-state index contributed by atoms with van der Waals surface area (Å²) in [5.41, 5.74) is 1.57. The highest BCUT2D eigenvalue weighted by Crippen LogP contribution is 2.25. The topological polar surface area (TPSA) is 53.6 Å². The van der Waals surface area contributed by atoms with Gasteiger partial charge < -0.3 is 10.1 Å². The molecule has 2 bridgehead atoms. The first kappa shape index (κ1) is 15.3. The second-order valence-corrected chi connectivity index (χ2v) is 7.25. The predicted octanol–water partition coefficient (Wildman–Crippen LogP) is 2.58. The number of nitrogens with zero attached hydrogens (tertiary/aromatic N) is 1. The number of nitrogens with one attached hydrogen (secondary N) is 2. The molecule has 2 aliphatic heterocycles. The molecule has 3 rings (SSSR count). The van der Waals surface area contributed by atoms with E-state index in [1.165, 1.54) is 12.0 Å². The van der Waals surface area contributed by atoms with Gasteiger partial charge in [-0.15, -0.1) is 0 Å². The van der Waals surface area contributed by atoms with Crippen LogP contribution in [0.4, 0.5) is 10.5 Å². The van der Waals surface area contributed by atoms with Crippen molar-refractivity contribution in [1.82, 2.24) is 10.2 Å². The molecule has 2 heterocycles. The van der Waals surface area contributed by atoms with E-state index in [9.17, 15) is 4.79 Å². The van der Waals surface area contributed by atoms with E-state index in [-0.39, 0.29) is 0 Å². The Labute approximate surface area is 132 Å². The van der Waals surface area contributed by atoms with Crippen LogP contribution in [0.25, 0.3) is 0 Å². The van der Waals surface area contributed by atoms with Gasteiger partial charge >= 0.3 is 6.09 Å². The van der Waals surface area contributed by atoms with Crippen LogP contribution in [0.5, 0.6) is 0 Å². The number of rotatable bonds is 3. The van der Waals surface area contributed by atoms with Gasteiger partial charge in [0.15, 0.2) is 0 Å². The van der Waals surface area contributed by atoms with E-state index >= 15 is 0 Å². The molecular weight excluding hydrogens is 278 g/mol. The normalized spacial score (nSPS) is 24.5. The molecule has 5 heteroatoms. The molecule has 5 nitrogen and oxygen atoms in total. The van der Waals surface area contributed by atoms with Gasteiger partial charge in [0.1, 0.15) is 5.60 Å². The number of benzene rings is 1. The number of anilines is 1.